The number of aromatic hydroxyl groups is 2. The smallest absolute Gasteiger partial charge is 0.131 e. The van der Waals surface area contributed by atoms with Crippen molar-refractivity contribution in [2.45, 2.75) is 132 Å². The first kappa shape index (κ1) is 45.5. The Morgan fingerprint density at radius 2 is 0.678 bits per heavy atom. The molecule has 0 aliphatic carbocycles. The first-order chi connectivity index (χ1) is 27.1. The summed E-state index contributed by atoms with van der Waals surface area (Å²) in [5.41, 5.74) is 16.1. The Morgan fingerprint density at radius 1 is 0.390 bits per heavy atom. The summed E-state index contributed by atoms with van der Waals surface area (Å²) in [4.78, 5) is 4.55. The SMILES string of the molecule is Cc1cc(-c2cc(C(C)(C)C)cc(C(C)(C)C)c2)c(O)c(-c2cc(C)cc(-c3cc(C)cc(-c4cc(C(C)(C)C)cc(C(C)(C)C)c4)c3O)c2N(C)CCCN(C)C)c1. The van der Waals surface area contributed by atoms with Gasteiger partial charge in [-0.3, -0.25) is 0 Å². The molecule has 0 spiro atoms. The number of anilines is 1. The highest BCUT2D eigenvalue weighted by Crippen LogP contribution is 2.50. The summed E-state index contributed by atoms with van der Waals surface area (Å²) in [6.45, 7) is 35.2. The molecular weight excluding hydrogens is 721 g/mol. The number of hydrogen-bond donors (Lipinski definition) is 2. The molecule has 0 heterocycles. The molecule has 316 valence electrons. The fraction of sp³-hybridized carbons (Fsp3) is 0.455. The monoisotopic (exact) mass is 795 g/mol. The van der Waals surface area contributed by atoms with Crippen LogP contribution in [0.1, 0.15) is 128 Å². The second-order valence-electron chi connectivity index (χ2n) is 21.8. The molecule has 5 aromatic carbocycles. The van der Waals surface area contributed by atoms with Crippen molar-refractivity contribution in [3.8, 4) is 56.0 Å². The standard InChI is InChI=1S/C55H74N2O2/c1-34-22-43(37-28-39(52(4,5)6)32-40(29-37)53(7,8)9)50(58)47(26-34)45-24-36(3)25-46(49(45)57(18)21-19-20-56(16)17)48-27-35(2)23-44(51(48)59)38-30-41(54(10,11)12)33-42(31-38)55(13,14)15/h22-33,58-59H,19-21H2,1-18H3. The molecule has 0 atom stereocenters. The van der Waals surface area contributed by atoms with Crippen LogP contribution in [0.5, 0.6) is 11.5 Å². The topological polar surface area (TPSA) is 46.9 Å². The van der Waals surface area contributed by atoms with Gasteiger partial charge in [0.25, 0.3) is 0 Å². The fourth-order valence-electron chi connectivity index (χ4n) is 8.04. The van der Waals surface area contributed by atoms with Gasteiger partial charge >= 0.3 is 0 Å². The Hall–Kier alpha value is -4.54. The maximum Gasteiger partial charge on any atom is 0.131 e. The Kier molecular flexibility index (Phi) is 12.7. The molecule has 0 radical (unpaired) electrons. The summed E-state index contributed by atoms with van der Waals surface area (Å²) in [7, 11) is 6.38. The molecule has 0 saturated heterocycles. The van der Waals surface area contributed by atoms with Crippen molar-refractivity contribution in [3.05, 3.63) is 112 Å². The predicted octanol–water partition coefficient (Wildman–Crippen LogP) is 14.3. The molecule has 2 N–H and O–H groups in total. The quantitative estimate of drug-likeness (QED) is 0.156. The van der Waals surface area contributed by atoms with E-state index in [-0.39, 0.29) is 33.2 Å². The van der Waals surface area contributed by atoms with Crippen LogP contribution in [0.2, 0.25) is 0 Å². The van der Waals surface area contributed by atoms with Gasteiger partial charge in [-0.25, -0.2) is 0 Å². The normalized spacial score (nSPS) is 12.7. The zero-order valence-corrected chi connectivity index (χ0v) is 39.8. The zero-order chi connectivity index (χ0) is 44.2. The number of nitrogens with zero attached hydrogens (tertiary/aromatic N) is 2. The van der Waals surface area contributed by atoms with E-state index in [1.54, 1.807) is 0 Å². The molecular formula is C55H74N2O2. The van der Waals surface area contributed by atoms with Crippen molar-refractivity contribution in [3.63, 3.8) is 0 Å². The zero-order valence-electron chi connectivity index (χ0n) is 39.8. The number of phenols is 2. The first-order valence-electron chi connectivity index (χ1n) is 21.6. The summed E-state index contributed by atoms with van der Waals surface area (Å²) in [6.07, 6.45) is 0.955. The lowest BCUT2D eigenvalue weighted by molar-refractivity contribution is 0.402. The lowest BCUT2D eigenvalue weighted by atomic mass is 9.78. The number of rotatable bonds is 9. The van der Waals surface area contributed by atoms with Gasteiger partial charge in [0.2, 0.25) is 0 Å². The van der Waals surface area contributed by atoms with E-state index in [1.807, 2.05) is 0 Å². The third kappa shape index (κ3) is 10.3. The van der Waals surface area contributed by atoms with Crippen LogP contribution in [0.3, 0.4) is 0 Å². The van der Waals surface area contributed by atoms with Gasteiger partial charge in [-0.15, -0.1) is 0 Å². The summed E-state index contributed by atoms with van der Waals surface area (Å²) in [5, 5.41) is 25.2. The minimum absolute atomic E-state index is 0.0663. The van der Waals surface area contributed by atoms with Crippen molar-refractivity contribution >= 4 is 5.69 Å². The van der Waals surface area contributed by atoms with Crippen molar-refractivity contribution < 1.29 is 10.2 Å². The van der Waals surface area contributed by atoms with Crippen LogP contribution in [0.15, 0.2) is 72.8 Å². The lowest BCUT2D eigenvalue weighted by Crippen LogP contribution is -2.24. The molecule has 0 aliphatic rings. The Bertz CT molecular complexity index is 2120. The maximum absolute atomic E-state index is 12.6. The van der Waals surface area contributed by atoms with E-state index in [0.29, 0.717) is 0 Å². The maximum atomic E-state index is 12.6. The van der Waals surface area contributed by atoms with Crippen LogP contribution in [0, 0.1) is 20.8 Å². The van der Waals surface area contributed by atoms with E-state index in [4.69, 9.17) is 0 Å². The number of benzene rings is 5. The third-order valence-corrected chi connectivity index (χ3v) is 11.8. The highest BCUT2D eigenvalue weighted by Gasteiger charge is 2.27. The summed E-state index contributed by atoms with van der Waals surface area (Å²) in [6, 6.07) is 26.6. The lowest BCUT2D eigenvalue weighted by Gasteiger charge is -2.29. The van der Waals surface area contributed by atoms with Crippen LogP contribution in [0.4, 0.5) is 5.69 Å². The van der Waals surface area contributed by atoms with E-state index in [9.17, 15) is 10.2 Å². The third-order valence-electron chi connectivity index (χ3n) is 11.8. The van der Waals surface area contributed by atoms with Crippen LogP contribution >= 0.6 is 0 Å². The van der Waals surface area contributed by atoms with Gasteiger partial charge in [0, 0.05) is 47.0 Å². The van der Waals surface area contributed by atoms with Crippen LogP contribution in [0.25, 0.3) is 44.5 Å². The van der Waals surface area contributed by atoms with Crippen LogP contribution in [-0.2, 0) is 21.7 Å². The van der Waals surface area contributed by atoms with E-state index in [0.717, 1.165) is 86.4 Å². The molecule has 0 aromatic heterocycles. The summed E-state index contributed by atoms with van der Waals surface area (Å²) < 4.78 is 0. The van der Waals surface area contributed by atoms with Gasteiger partial charge < -0.3 is 20.0 Å². The van der Waals surface area contributed by atoms with E-state index in [1.165, 1.54) is 22.3 Å². The molecule has 0 fully saturated rings. The number of phenolic OH excluding ortho intramolecular Hbond substituents is 2. The van der Waals surface area contributed by atoms with Crippen LogP contribution < -0.4 is 4.90 Å². The molecule has 0 unspecified atom stereocenters. The second-order valence-corrected chi connectivity index (χ2v) is 21.8. The average Bonchev–Trinajstić information content (AvgIpc) is 3.10. The van der Waals surface area contributed by atoms with E-state index < -0.39 is 0 Å². The Balaban J connectivity index is 1.85. The molecule has 0 bridgehead atoms. The van der Waals surface area contributed by atoms with E-state index >= 15 is 0 Å². The minimum Gasteiger partial charge on any atom is -0.507 e. The van der Waals surface area contributed by atoms with Gasteiger partial charge in [-0.05, 0) is 156 Å². The van der Waals surface area contributed by atoms with Gasteiger partial charge in [0.1, 0.15) is 11.5 Å². The molecule has 0 saturated carbocycles. The van der Waals surface area contributed by atoms with Gasteiger partial charge in [-0.2, -0.15) is 0 Å². The predicted molar refractivity (Wildman–Crippen MR) is 257 cm³/mol. The number of aryl methyl sites for hydroxylation is 3. The van der Waals surface area contributed by atoms with Crippen molar-refractivity contribution in [1.82, 2.24) is 4.90 Å². The second kappa shape index (κ2) is 16.5. The number of hydrogen-bond acceptors (Lipinski definition) is 4. The highest BCUT2D eigenvalue weighted by molar-refractivity contribution is 5.98. The van der Waals surface area contributed by atoms with Gasteiger partial charge in [0.05, 0.1) is 5.69 Å². The minimum atomic E-state index is -0.0663. The molecule has 0 amide bonds. The average molecular weight is 795 g/mol. The van der Waals surface area contributed by atoms with Gasteiger partial charge in [-0.1, -0.05) is 119 Å². The van der Waals surface area contributed by atoms with E-state index in [2.05, 4.69) is 208 Å². The molecule has 0 aliphatic heterocycles. The Morgan fingerprint density at radius 3 is 0.966 bits per heavy atom. The van der Waals surface area contributed by atoms with Crippen LogP contribution in [-0.4, -0.2) is 49.3 Å². The first-order valence-corrected chi connectivity index (χ1v) is 21.6. The molecule has 5 aromatic rings. The summed E-state index contributed by atoms with van der Waals surface area (Å²) in [5.74, 6) is 0.535. The Labute approximate surface area is 358 Å². The molecule has 59 heavy (non-hydrogen) atoms. The molecule has 4 heteroatoms. The highest BCUT2D eigenvalue weighted by atomic mass is 16.3. The summed E-state index contributed by atoms with van der Waals surface area (Å²) >= 11 is 0. The fourth-order valence-corrected chi connectivity index (χ4v) is 8.04. The van der Waals surface area contributed by atoms with Gasteiger partial charge in [0.15, 0.2) is 0 Å². The van der Waals surface area contributed by atoms with Crippen molar-refractivity contribution in [2.24, 2.45) is 0 Å². The van der Waals surface area contributed by atoms with Crippen molar-refractivity contribution in [1.29, 1.82) is 0 Å². The largest absolute Gasteiger partial charge is 0.507 e. The molecule has 4 nitrogen and oxygen atoms in total. The molecule has 5 rings (SSSR count). The van der Waals surface area contributed by atoms with Crippen molar-refractivity contribution in [2.75, 3.05) is 39.1 Å².